The van der Waals surface area contributed by atoms with Gasteiger partial charge in [-0.05, 0) is 18.6 Å². The van der Waals surface area contributed by atoms with Crippen LogP contribution in [0.2, 0.25) is 0 Å². The molecule has 1 aromatic carbocycles. The van der Waals surface area contributed by atoms with Crippen LogP contribution in [0.4, 0.5) is 0 Å². The van der Waals surface area contributed by atoms with E-state index in [9.17, 15) is 4.79 Å². The molecule has 3 rings (SSSR count). The van der Waals surface area contributed by atoms with Gasteiger partial charge in [0.1, 0.15) is 5.69 Å². The van der Waals surface area contributed by atoms with Crippen LogP contribution in [0.25, 0.3) is 10.9 Å². The first kappa shape index (κ1) is 12.2. The molecule has 1 aliphatic heterocycles. The summed E-state index contributed by atoms with van der Waals surface area (Å²) in [7, 11) is 1.98. The first-order valence-corrected chi connectivity index (χ1v) is 6.73. The van der Waals surface area contributed by atoms with Crippen LogP contribution in [-0.4, -0.2) is 41.6 Å². The van der Waals surface area contributed by atoms with E-state index < -0.39 is 0 Å². The lowest BCUT2D eigenvalue weighted by Crippen LogP contribution is -2.46. The smallest absolute Gasteiger partial charge is 0.270 e. The third-order valence-corrected chi connectivity index (χ3v) is 3.88. The Kier molecular flexibility index (Phi) is 3.03. The Hall–Kier alpha value is -1.81. The minimum absolute atomic E-state index is 0.139. The molecule has 0 atom stereocenters. The maximum absolute atomic E-state index is 12.6. The van der Waals surface area contributed by atoms with E-state index in [0.29, 0.717) is 0 Å². The molecule has 100 valence electrons. The number of piperazine rings is 1. The van der Waals surface area contributed by atoms with Gasteiger partial charge in [0.05, 0.1) is 5.52 Å². The largest absolute Gasteiger partial charge is 0.339 e. The van der Waals surface area contributed by atoms with Gasteiger partial charge in [-0.1, -0.05) is 18.2 Å². The van der Waals surface area contributed by atoms with Crippen molar-refractivity contribution in [2.24, 2.45) is 7.05 Å². The lowest BCUT2D eigenvalue weighted by Gasteiger charge is -2.27. The maximum Gasteiger partial charge on any atom is 0.270 e. The molecule has 4 nitrogen and oxygen atoms in total. The van der Waals surface area contributed by atoms with Gasteiger partial charge in [0, 0.05) is 38.6 Å². The zero-order valence-electron chi connectivity index (χ0n) is 11.4. The summed E-state index contributed by atoms with van der Waals surface area (Å²) in [5.74, 6) is 0.139. The molecule has 1 N–H and O–H groups in total. The molecule has 0 saturated carbocycles. The monoisotopic (exact) mass is 257 g/mol. The highest BCUT2D eigenvalue weighted by Gasteiger charge is 2.21. The number of hydrogen-bond donors (Lipinski definition) is 1. The van der Waals surface area contributed by atoms with Crippen molar-refractivity contribution in [2.75, 3.05) is 26.2 Å². The van der Waals surface area contributed by atoms with Crippen LogP contribution in [0.15, 0.2) is 24.3 Å². The number of fused-ring (bicyclic) bond motifs is 1. The first-order chi connectivity index (χ1) is 9.18. The van der Waals surface area contributed by atoms with Gasteiger partial charge in [-0.2, -0.15) is 0 Å². The molecule has 2 heterocycles. The summed E-state index contributed by atoms with van der Waals surface area (Å²) in [4.78, 5) is 14.5. The Bertz CT molecular complexity index is 624. The van der Waals surface area contributed by atoms with Crippen molar-refractivity contribution in [3.05, 3.63) is 35.5 Å². The molecule has 2 aromatic rings. The number of amides is 1. The number of carbonyl (C=O) groups excluding carboxylic acids is 1. The average molecular weight is 257 g/mol. The number of hydrogen-bond acceptors (Lipinski definition) is 2. The molecule has 0 bridgehead atoms. The molecule has 0 aliphatic carbocycles. The number of nitrogens with one attached hydrogen (secondary N) is 1. The summed E-state index contributed by atoms with van der Waals surface area (Å²) < 4.78 is 2.02. The fourth-order valence-corrected chi connectivity index (χ4v) is 2.86. The normalized spacial score (nSPS) is 16.0. The summed E-state index contributed by atoms with van der Waals surface area (Å²) in [6.07, 6.45) is 0. The second-order valence-corrected chi connectivity index (χ2v) is 5.14. The molecule has 0 spiro atoms. The summed E-state index contributed by atoms with van der Waals surface area (Å²) in [6, 6.07) is 8.20. The highest BCUT2D eigenvalue weighted by Crippen LogP contribution is 2.23. The molecule has 1 fully saturated rings. The van der Waals surface area contributed by atoms with Gasteiger partial charge < -0.3 is 14.8 Å². The fraction of sp³-hybridized carbons (Fsp3) is 0.400. The predicted octanol–water partition coefficient (Wildman–Crippen LogP) is 1.53. The van der Waals surface area contributed by atoms with Crippen molar-refractivity contribution < 1.29 is 4.79 Å². The van der Waals surface area contributed by atoms with Gasteiger partial charge in [0.25, 0.3) is 5.91 Å². The molecular weight excluding hydrogens is 238 g/mol. The van der Waals surface area contributed by atoms with Gasteiger partial charge in [-0.15, -0.1) is 0 Å². The first-order valence-electron chi connectivity index (χ1n) is 6.73. The number of rotatable bonds is 1. The van der Waals surface area contributed by atoms with Crippen LogP contribution in [0.1, 0.15) is 16.1 Å². The van der Waals surface area contributed by atoms with Crippen LogP contribution in [0.3, 0.4) is 0 Å². The van der Waals surface area contributed by atoms with Crippen LogP contribution < -0.4 is 5.32 Å². The van der Waals surface area contributed by atoms with Gasteiger partial charge in [-0.25, -0.2) is 0 Å². The highest BCUT2D eigenvalue weighted by molar-refractivity contribution is 5.99. The molecule has 1 aromatic heterocycles. The molecule has 0 unspecified atom stereocenters. The maximum atomic E-state index is 12.6. The van der Waals surface area contributed by atoms with Crippen molar-refractivity contribution in [1.82, 2.24) is 14.8 Å². The number of aromatic nitrogens is 1. The van der Waals surface area contributed by atoms with E-state index in [0.717, 1.165) is 42.8 Å². The van der Waals surface area contributed by atoms with Crippen molar-refractivity contribution in [2.45, 2.75) is 6.92 Å². The zero-order chi connectivity index (χ0) is 13.4. The summed E-state index contributed by atoms with van der Waals surface area (Å²) in [5, 5.41) is 4.41. The zero-order valence-corrected chi connectivity index (χ0v) is 11.4. The summed E-state index contributed by atoms with van der Waals surface area (Å²) >= 11 is 0. The lowest BCUT2D eigenvalue weighted by molar-refractivity contribution is 0.0726. The summed E-state index contributed by atoms with van der Waals surface area (Å²) in [5.41, 5.74) is 3.14. The Balaban J connectivity index is 2.03. The number of nitrogens with zero attached hydrogens (tertiary/aromatic N) is 2. The van der Waals surface area contributed by atoms with E-state index >= 15 is 0 Å². The molecule has 0 radical (unpaired) electrons. The Morgan fingerprint density at radius 1 is 1.26 bits per heavy atom. The quantitative estimate of drug-likeness (QED) is 0.841. The standard InChI is InChI=1S/C15H19N3O/c1-11-4-3-5-12-10-13(17(2)14(11)12)15(19)18-8-6-16-7-9-18/h3-5,10,16H,6-9H2,1-2H3. The molecule has 1 aliphatic rings. The third-order valence-electron chi connectivity index (χ3n) is 3.88. The van der Waals surface area contributed by atoms with E-state index in [4.69, 9.17) is 0 Å². The number of benzene rings is 1. The predicted molar refractivity (Wildman–Crippen MR) is 76.4 cm³/mol. The third kappa shape index (κ3) is 2.02. The van der Waals surface area contributed by atoms with Crippen molar-refractivity contribution in [3.8, 4) is 0 Å². The minimum Gasteiger partial charge on any atom is -0.339 e. The van der Waals surface area contributed by atoms with E-state index in [2.05, 4.69) is 24.4 Å². The Morgan fingerprint density at radius 2 is 2.00 bits per heavy atom. The van der Waals surface area contributed by atoms with E-state index in [1.165, 1.54) is 5.56 Å². The average Bonchev–Trinajstić information content (AvgIpc) is 2.78. The Labute approximate surface area is 113 Å². The number of carbonyl (C=O) groups is 1. The molecule has 1 saturated heterocycles. The van der Waals surface area contributed by atoms with Gasteiger partial charge in [-0.3, -0.25) is 4.79 Å². The molecular formula is C15H19N3O. The number of aryl methyl sites for hydroxylation is 2. The van der Waals surface area contributed by atoms with Crippen molar-refractivity contribution in [1.29, 1.82) is 0 Å². The van der Waals surface area contributed by atoms with Crippen molar-refractivity contribution in [3.63, 3.8) is 0 Å². The second kappa shape index (κ2) is 4.70. The summed E-state index contributed by atoms with van der Waals surface area (Å²) in [6.45, 7) is 5.43. The van der Waals surface area contributed by atoms with E-state index in [1.54, 1.807) is 0 Å². The van der Waals surface area contributed by atoms with E-state index in [-0.39, 0.29) is 5.91 Å². The van der Waals surface area contributed by atoms with Gasteiger partial charge >= 0.3 is 0 Å². The number of para-hydroxylation sites is 1. The topological polar surface area (TPSA) is 37.3 Å². The fourth-order valence-electron chi connectivity index (χ4n) is 2.86. The van der Waals surface area contributed by atoms with Crippen LogP contribution in [0.5, 0.6) is 0 Å². The van der Waals surface area contributed by atoms with Crippen molar-refractivity contribution >= 4 is 16.8 Å². The van der Waals surface area contributed by atoms with E-state index in [1.807, 2.05) is 28.6 Å². The molecule has 1 amide bonds. The SMILES string of the molecule is Cc1cccc2cc(C(=O)N3CCNCC3)n(C)c12. The second-order valence-electron chi connectivity index (χ2n) is 5.14. The molecule has 4 heteroatoms. The van der Waals surface area contributed by atoms with Crippen LogP contribution in [-0.2, 0) is 7.05 Å². The van der Waals surface area contributed by atoms with Crippen LogP contribution >= 0.6 is 0 Å². The van der Waals surface area contributed by atoms with Gasteiger partial charge in [0.2, 0.25) is 0 Å². The molecule has 19 heavy (non-hydrogen) atoms. The Morgan fingerprint density at radius 3 is 2.68 bits per heavy atom. The highest BCUT2D eigenvalue weighted by atomic mass is 16.2. The lowest BCUT2D eigenvalue weighted by atomic mass is 10.2. The van der Waals surface area contributed by atoms with Crippen LogP contribution in [0, 0.1) is 6.92 Å². The van der Waals surface area contributed by atoms with Gasteiger partial charge in [0.15, 0.2) is 0 Å². The minimum atomic E-state index is 0.139.